The molecule has 5 heteroatoms. The molecule has 5 nitrogen and oxygen atoms in total. The third-order valence-corrected chi connectivity index (χ3v) is 2.61. The van der Waals surface area contributed by atoms with E-state index < -0.39 is 0 Å². The van der Waals surface area contributed by atoms with E-state index >= 15 is 0 Å². The van der Waals surface area contributed by atoms with Gasteiger partial charge in [0.2, 0.25) is 11.8 Å². The molecule has 2 rings (SSSR count). The van der Waals surface area contributed by atoms with Crippen molar-refractivity contribution in [2.45, 2.75) is 27.2 Å². The molecule has 1 aromatic heterocycles. The zero-order valence-electron chi connectivity index (χ0n) is 11.5. The van der Waals surface area contributed by atoms with Crippen LogP contribution in [0.4, 0.5) is 0 Å². The van der Waals surface area contributed by atoms with Gasteiger partial charge in [-0.15, -0.1) is 10.2 Å². The number of hydrogen-bond acceptors (Lipinski definition) is 5. The standard InChI is InChI=1S/C14H18N2O3/c1-4-7-17-9-18-13-8-12(6-5-10(13)2)14-16-15-11(3)19-14/h5-6,8H,4,7,9H2,1-3H3. The van der Waals surface area contributed by atoms with Gasteiger partial charge in [-0.25, -0.2) is 0 Å². The first-order valence-electron chi connectivity index (χ1n) is 6.32. The van der Waals surface area contributed by atoms with Gasteiger partial charge in [0.15, 0.2) is 6.79 Å². The summed E-state index contributed by atoms with van der Waals surface area (Å²) in [5.41, 5.74) is 1.89. The summed E-state index contributed by atoms with van der Waals surface area (Å²) in [6, 6.07) is 5.78. The summed E-state index contributed by atoms with van der Waals surface area (Å²) in [6.07, 6.45) is 0.976. The molecular weight excluding hydrogens is 244 g/mol. The lowest BCUT2D eigenvalue weighted by atomic mass is 10.1. The molecule has 1 aromatic carbocycles. The largest absolute Gasteiger partial charge is 0.467 e. The number of ether oxygens (including phenoxy) is 2. The summed E-state index contributed by atoms with van der Waals surface area (Å²) in [7, 11) is 0. The van der Waals surface area contributed by atoms with E-state index in [1.54, 1.807) is 6.92 Å². The Bertz CT molecular complexity index is 537. The molecule has 0 N–H and O–H groups in total. The van der Waals surface area contributed by atoms with Crippen molar-refractivity contribution >= 4 is 0 Å². The Hall–Kier alpha value is -1.88. The Morgan fingerprint density at radius 3 is 2.74 bits per heavy atom. The molecule has 0 saturated heterocycles. The molecular formula is C14H18N2O3. The van der Waals surface area contributed by atoms with Crippen LogP contribution in [0.3, 0.4) is 0 Å². The quantitative estimate of drug-likeness (QED) is 0.591. The zero-order chi connectivity index (χ0) is 13.7. The van der Waals surface area contributed by atoms with Crippen LogP contribution in [-0.2, 0) is 4.74 Å². The van der Waals surface area contributed by atoms with E-state index in [0.717, 1.165) is 23.3 Å². The van der Waals surface area contributed by atoms with E-state index in [0.29, 0.717) is 18.4 Å². The topological polar surface area (TPSA) is 57.4 Å². The van der Waals surface area contributed by atoms with Crippen molar-refractivity contribution in [2.75, 3.05) is 13.4 Å². The summed E-state index contributed by atoms with van der Waals surface area (Å²) >= 11 is 0. The number of aryl methyl sites for hydroxylation is 2. The lowest BCUT2D eigenvalue weighted by molar-refractivity contribution is 0.0153. The van der Waals surface area contributed by atoms with Crippen LogP contribution in [0.25, 0.3) is 11.5 Å². The smallest absolute Gasteiger partial charge is 0.247 e. The molecule has 0 aliphatic carbocycles. The van der Waals surface area contributed by atoms with Crippen molar-refractivity contribution in [3.63, 3.8) is 0 Å². The molecule has 0 spiro atoms. The molecule has 0 saturated carbocycles. The maximum absolute atomic E-state index is 5.60. The molecule has 0 bridgehead atoms. The molecule has 2 aromatic rings. The van der Waals surface area contributed by atoms with Gasteiger partial charge in [0.05, 0.1) is 6.61 Å². The summed E-state index contributed by atoms with van der Waals surface area (Å²) in [6.45, 7) is 6.76. The Balaban J connectivity index is 2.10. The number of benzene rings is 1. The van der Waals surface area contributed by atoms with Gasteiger partial charge in [-0.05, 0) is 31.0 Å². The molecule has 0 amide bonds. The van der Waals surface area contributed by atoms with E-state index in [1.165, 1.54) is 0 Å². The molecule has 0 aliphatic rings. The maximum Gasteiger partial charge on any atom is 0.247 e. The van der Waals surface area contributed by atoms with Crippen molar-refractivity contribution < 1.29 is 13.9 Å². The minimum atomic E-state index is 0.251. The third-order valence-electron chi connectivity index (χ3n) is 2.61. The number of rotatable bonds is 6. The van der Waals surface area contributed by atoms with Gasteiger partial charge in [-0.3, -0.25) is 0 Å². The van der Waals surface area contributed by atoms with Crippen LogP contribution in [0.15, 0.2) is 22.6 Å². The number of hydrogen-bond donors (Lipinski definition) is 0. The van der Waals surface area contributed by atoms with Crippen molar-refractivity contribution in [3.05, 3.63) is 29.7 Å². The first-order chi connectivity index (χ1) is 9.20. The molecule has 102 valence electrons. The monoisotopic (exact) mass is 262 g/mol. The average molecular weight is 262 g/mol. The summed E-state index contributed by atoms with van der Waals surface area (Å²) < 4.78 is 16.3. The predicted octanol–water partition coefficient (Wildman–Crippen LogP) is 3.12. The third kappa shape index (κ3) is 3.54. The minimum absolute atomic E-state index is 0.251. The Kier molecular flexibility index (Phi) is 4.52. The van der Waals surface area contributed by atoms with E-state index in [1.807, 2.05) is 25.1 Å². The fourth-order valence-corrected chi connectivity index (χ4v) is 1.61. The Morgan fingerprint density at radius 2 is 2.05 bits per heavy atom. The van der Waals surface area contributed by atoms with Gasteiger partial charge in [-0.2, -0.15) is 0 Å². The van der Waals surface area contributed by atoms with Gasteiger partial charge >= 0.3 is 0 Å². The molecule has 0 unspecified atom stereocenters. The van der Waals surface area contributed by atoms with Crippen molar-refractivity contribution in [1.82, 2.24) is 10.2 Å². The second kappa shape index (κ2) is 6.33. The summed E-state index contributed by atoms with van der Waals surface area (Å²) in [5.74, 6) is 1.81. The van der Waals surface area contributed by atoms with Crippen LogP contribution in [0.5, 0.6) is 5.75 Å². The van der Waals surface area contributed by atoms with Gasteiger partial charge in [0.1, 0.15) is 5.75 Å². The van der Waals surface area contributed by atoms with Gasteiger partial charge in [-0.1, -0.05) is 13.0 Å². The van der Waals surface area contributed by atoms with E-state index in [9.17, 15) is 0 Å². The molecule has 0 radical (unpaired) electrons. The van der Waals surface area contributed by atoms with Crippen molar-refractivity contribution in [2.24, 2.45) is 0 Å². The summed E-state index contributed by atoms with van der Waals surface area (Å²) in [5, 5.41) is 7.81. The molecule has 0 aliphatic heterocycles. The van der Waals surface area contributed by atoms with Crippen molar-refractivity contribution in [3.8, 4) is 17.2 Å². The van der Waals surface area contributed by atoms with Crippen LogP contribution >= 0.6 is 0 Å². The van der Waals surface area contributed by atoms with Gasteiger partial charge in [0, 0.05) is 12.5 Å². The zero-order valence-corrected chi connectivity index (χ0v) is 11.5. The summed E-state index contributed by atoms with van der Waals surface area (Å²) in [4.78, 5) is 0. The SMILES string of the molecule is CCCOCOc1cc(-c2nnc(C)o2)ccc1C. The number of aromatic nitrogens is 2. The normalized spacial score (nSPS) is 10.7. The van der Waals surface area contributed by atoms with E-state index in [4.69, 9.17) is 13.9 Å². The highest BCUT2D eigenvalue weighted by atomic mass is 16.7. The number of nitrogens with zero attached hydrogens (tertiary/aromatic N) is 2. The molecule has 19 heavy (non-hydrogen) atoms. The van der Waals surface area contributed by atoms with Crippen LogP contribution < -0.4 is 4.74 Å². The van der Waals surface area contributed by atoms with Gasteiger partial charge < -0.3 is 13.9 Å². The maximum atomic E-state index is 5.60. The Morgan fingerprint density at radius 1 is 1.21 bits per heavy atom. The van der Waals surface area contributed by atoms with Crippen molar-refractivity contribution in [1.29, 1.82) is 0 Å². The first kappa shape index (κ1) is 13.5. The molecule has 0 atom stereocenters. The van der Waals surface area contributed by atoms with Crippen LogP contribution in [0.1, 0.15) is 24.8 Å². The highest BCUT2D eigenvalue weighted by molar-refractivity contribution is 5.57. The predicted molar refractivity (Wildman–Crippen MR) is 70.9 cm³/mol. The highest BCUT2D eigenvalue weighted by Gasteiger charge is 2.09. The van der Waals surface area contributed by atoms with E-state index in [-0.39, 0.29) is 6.79 Å². The van der Waals surface area contributed by atoms with Crippen LogP contribution in [0.2, 0.25) is 0 Å². The highest BCUT2D eigenvalue weighted by Crippen LogP contribution is 2.26. The van der Waals surface area contributed by atoms with Crippen LogP contribution in [-0.4, -0.2) is 23.6 Å². The minimum Gasteiger partial charge on any atom is -0.467 e. The molecule has 0 fully saturated rings. The second-order valence-corrected chi connectivity index (χ2v) is 4.28. The lowest BCUT2D eigenvalue weighted by Crippen LogP contribution is -2.04. The average Bonchev–Trinajstić information content (AvgIpc) is 2.83. The molecule has 1 heterocycles. The fraction of sp³-hybridized carbons (Fsp3) is 0.429. The van der Waals surface area contributed by atoms with Gasteiger partial charge in [0.25, 0.3) is 0 Å². The van der Waals surface area contributed by atoms with Crippen LogP contribution in [0, 0.1) is 13.8 Å². The van der Waals surface area contributed by atoms with E-state index in [2.05, 4.69) is 17.1 Å². The lowest BCUT2D eigenvalue weighted by Gasteiger charge is -2.10. The first-order valence-corrected chi connectivity index (χ1v) is 6.32. The fourth-order valence-electron chi connectivity index (χ4n) is 1.61. The second-order valence-electron chi connectivity index (χ2n) is 4.28. The Labute approximate surface area is 112 Å².